The molecule has 0 bridgehead atoms. The second kappa shape index (κ2) is 2.52. The van der Waals surface area contributed by atoms with E-state index >= 15 is 0 Å². The topological polar surface area (TPSA) is 43.1 Å². The van der Waals surface area contributed by atoms with Crippen molar-refractivity contribution in [2.75, 3.05) is 0 Å². The summed E-state index contributed by atoms with van der Waals surface area (Å²) in [4.78, 5) is 4.24. The van der Waals surface area contributed by atoms with E-state index in [2.05, 4.69) is 31.1 Å². The summed E-state index contributed by atoms with van der Waals surface area (Å²) >= 11 is 3.45. The standard InChI is InChI=1S/C7H7BrN4/c1-4-6(8)5(2)12-3-9-11-7(12)10-4/h3H,1-2H3. The van der Waals surface area contributed by atoms with E-state index in [1.165, 1.54) is 0 Å². The van der Waals surface area contributed by atoms with Crippen molar-refractivity contribution in [1.82, 2.24) is 19.6 Å². The molecule has 0 saturated carbocycles. The molecule has 12 heavy (non-hydrogen) atoms. The Kier molecular flexibility index (Phi) is 1.61. The molecule has 2 rings (SSSR count). The molecule has 0 spiro atoms. The monoisotopic (exact) mass is 226 g/mol. The van der Waals surface area contributed by atoms with Crippen LogP contribution in [0.3, 0.4) is 0 Å². The molecule has 0 aliphatic heterocycles. The zero-order valence-electron chi connectivity index (χ0n) is 6.74. The van der Waals surface area contributed by atoms with Crippen molar-refractivity contribution >= 4 is 21.7 Å². The molecule has 0 amide bonds. The number of halogens is 1. The molecule has 0 saturated heterocycles. The summed E-state index contributed by atoms with van der Waals surface area (Å²) in [5, 5.41) is 7.64. The molecule has 2 heterocycles. The lowest BCUT2D eigenvalue weighted by molar-refractivity contribution is 0.995. The maximum atomic E-state index is 4.24. The average Bonchev–Trinajstić information content (AvgIpc) is 2.48. The van der Waals surface area contributed by atoms with Crippen LogP contribution in [0.15, 0.2) is 10.8 Å². The summed E-state index contributed by atoms with van der Waals surface area (Å²) in [6, 6.07) is 0. The first-order valence-electron chi connectivity index (χ1n) is 3.52. The van der Waals surface area contributed by atoms with Gasteiger partial charge in [0.05, 0.1) is 10.2 Å². The van der Waals surface area contributed by atoms with Crippen LogP contribution in [-0.2, 0) is 0 Å². The van der Waals surface area contributed by atoms with Gasteiger partial charge in [0, 0.05) is 5.69 Å². The molecule has 2 aromatic heterocycles. The van der Waals surface area contributed by atoms with Crippen LogP contribution in [0, 0.1) is 13.8 Å². The fourth-order valence-corrected chi connectivity index (χ4v) is 1.39. The Balaban J connectivity index is 2.94. The fraction of sp³-hybridized carbons (Fsp3) is 0.286. The van der Waals surface area contributed by atoms with Gasteiger partial charge in [-0.05, 0) is 29.8 Å². The van der Waals surface area contributed by atoms with E-state index < -0.39 is 0 Å². The van der Waals surface area contributed by atoms with Gasteiger partial charge in [-0.1, -0.05) is 0 Å². The Labute approximate surface area is 77.8 Å². The zero-order chi connectivity index (χ0) is 8.72. The Morgan fingerprint density at radius 2 is 2.17 bits per heavy atom. The van der Waals surface area contributed by atoms with Gasteiger partial charge in [0.25, 0.3) is 5.78 Å². The summed E-state index contributed by atoms with van der Waals surface area (Å²) in [5.74, 6) is 0.646. The van der Waals surface area contributed by atoms with Gasteiger partial charge in [0.15, 0.2) is 0 Å². The molecular weight excluding hydrogens is 220 g/mol. The molecule has 0 unspecified atom stereocenters. The van der Waals surface area contributed by atoms with Crippen molar-refractivity contribution in [2.24, 2.45) is 0 Å². The number of aromatic nitrogens is 4. The third-order valence-corrected chi connectivity index (χ3v) is 2.94. The van der Waals surface area contributed by atoms with Gasteiger partial charge in [-0.2, -0.15) is 0 Å². The third kappa shape index (κ3) is 0.929. The first-order chi connectivity index (χ1) is 5.70. The van der Waals surface area contributed by atoms with Crippen LogP contribution < -0.4 is 0 Å². The van der Waals surface area contributed by atoms with Crippen LogP contribution >= 0.6 is 15.9 Å². The molecule has 4 nitrogen and oxygen atoms in total. The summed E-state index contributed by atoms with van der Waals surface area (Å²) in [5.41, 5.74) is 2.01. The molecule has 2 aromatic rings. The number of rotatable bonds is 0. The van der Waals surface area contributed by atoms with Gasteiger partial charge in [0.2, 0.25) is 0 Å². The van der Waals surface area contributed by atoms with Gasteiger partial charge in [-0.15, -0.1) is 10.2 Å². The average molecular weight is 227 g/mol. The van der Waals surface area contributed by atoms with Crippen molar-refractivity contribution in [3.8, 4) is 0 Å². The normalized spacial score (nSPS) is 10.9. The highest BCUT2D eigenvalue weighted by molar-refractivity contribution is 9.10. The summed E-state index contributed by atoms with van der Waals surface area (Å²) in [7, 11) is 0. The van der Waals surface area contributed by atoms with E-state index in [1.54, 1.807) is 6.33 Å². The highest BCUT2D eigenvalue weighted by atomic mass is 79.9. The quantitative estimate of drug-likeness (QED) is 0.684. The minimum atomic E-state index is 0.646. The fourth-order valence-electron chi connectivity index (χ4n) is 1.11. The van der Waals surface area contributed by atoms with Gasteiger partial charge in [0.1, 0.15) is 6.33 Å². The van der Waals surface area contributed by atoms with E-state index in [9.17, 15) is 0 Å². The lowest BCUT2D eigenvalue weighted by Gasteiger charge is -2.03. The Morgan fingerprint density at radius 1 is 1.42 bits per heavy atom. The molecule has 0 atom stereocenters. The Bertz CT molecular complexity index is 434. The molecular formula is C7H7BrN4. The molecule has 0 aromatic carbocycles. The van der Waals surface area contributed by atoms with E-state index in [-0.39, 0.29) is 0 Å². The van der Waals surface area contributed by atoms with E-state index in [0.29, 0.717) is 5.78 Å². The highest BCUT2D eigenvalue weighted by Crippen LogP contribution is 2.18. The van der Waals surface area contributed by atoms with Crippen LogP contribution in [0.25, 0.3) is 5.78 Å². The largest absolute Gasteiger partial charge is 0.269 e. The predicted octanol–water partition coefficient (Wildman–Crippen LogP) is 1.50. The Hall–Kier alpha value is -0.970. The molecule has 0 aliphatic carbocycles. The first-order valence-corrected chi connectivity index (χ1v) is 4.32. The predicted molar refractivity (Wildman–Crippen MR) is 48.0 cm³/mol. The molecule has 0 fully saturated rings. The summed E-state index contributed by atoms with van der Waals surface area (Å²) in [6.45, 7) is 3.93. The maximum absolute atomic E-state index is 4.24. The minimum absolute atomic E-state index is 0.646. The third-order valence-electron chi connectivity index (χ3n) is 1.79. The molecule has 0 radical (unpaired) electrons. The second-order valence-electron chi connectivity index (χ2n) is 2.60. The Morgan fingerprint density at radius 3 is 2.92 bits per heavy atom. The molecule has 62 valence electrons. The van der Waals surface area contributed by atoms with Crippen molar-refractivity contribution < 1.29 is 0 Å². The van der Waals surface area contributed by atoms with Crippen LogP contribution in [0.2, 0.25) is 0 Å². The SMILES string of the molecule is Cc1nc2nncn2c(C)c1Br. The minimum Gasteiger partial charge on any atom is -0.269 e. The highest BCUT2D eigenvalue weighted by Gasteiger charge is 2.06. The van der Waals surface area contributed by atoms with E-state index in [0.717, 1.165) is 15.9 Å². The number of hydrogen-bond acceptors (Lipinski definition) is 3. The maximum Gasteiger partial charge on any atom is 0.255 e. The second-order valence-corrected chi connectivity index (χ2v) is 3.39. The van der Waals surface area contributed by atoms with Crippen molar-refractivity contribution in [1.29, 1.82) is 0 Å². The van der Waals surface area contributed by atoms with Crippen molar-refractivity contribution in [3.05, 3.63) is 22.2 Å². The first kappa shape index (κ1) is 7.67. The van der Waals surface area contributed by atoms with E-state index in [4.69, 9.17) is 0 Å². The van der Waals surface area contributed by atoms with E-state index in [1.807, 2.05) is 18.2 Å². The van der Waals surface area contributed by atoms with Gasteiger partial charge in [-0.3, -0.25) is 4.40 Å². The van der Waals surface area contributed by atoms with Crippen LogP contribution in [0.4, 0.5) is 0 Å². The van der Waals surface area contributed by atoms with Gasteiger partial charge >= 0.3 is 0 Å². The van der Waals surface area contributed by atoms with Gasteiger partial charge < -0.3 is 0 Å². The number of hydrogen-bond donors (Lipinski definition) is 0. The molecule has 5 heteroatoms. The van der Waals surface area contributed by atoms with Crippen molar-refractivity contribution in [3.63, 3.8) is 0 Å². The molecule has 0 aliphatic rings. The van der Waals surface area contributed by atoms with Crippen molar-refractivity contribution in [2.45, 2.75) is 13.8 Å². The smallest absolute Gasteiger partial charge is 0.255 e. The van der Waals surface area contributed by atoms with Gasteiger partial charge in [-0.25, -0.2) is 4.98 Å². The lowest BCUT2D eigenvalue weighted by atomic mass is 10.3. The number of fused-ring (bicyclic) bond motifs is 1. The van der Waals surface area contributed by atoms with Crippen LogP contribution in [-0.4, -0.2) is 19.6 Å². The van der Waals surface area contributed by atoms with Crippen LogP contribution in [0.5, 0.6) is 0 Å². The lowest BCUT2D eigenvalue weighted by Crippen LogP contribution is -1.97. The molecule has 0 N–H and O–H groups in total. The summed E-state index contributed by atoms with van der Waals surface area (Å²) < 4.78 is 2.85. The van der Waals surface area contributed by atoms with Crippen LogP contribution in [0.1, 0.15) is 11.4 Å². The zero-order valence-corrected chi connectivity index (χ0v) is 8.33. The number of nitrogens with zero attached hydrogens (tertiary/aromatic N) is 4. The summed E-state index contributed by atoms with van der Waals surface area (Å²) in [6.07, 6.45) is 1.65. The number of aryl methyl sites for hydroxylation is 2.